The highest BCUT2D eigenvalue weighted by Crippen LogP contribution is 2.69. The van der Waals surface area contributed by atoms with Crippen LogP contribution in [0.5, 0.6) is 0 Å². The molecule has 3 unspecified atom stereocenters. The van der Waals surface area contributed by atoms with Gasteiger partial charge in [-0.05, 0) is 73.0 Å². The minimum atomic E-state index is 0.338. The summed E-state index contributed by atoms with van der Waals surface area (Å²) in [7, 11) is 0. The molecule has 0 aromatic carbocycles. The van der Waals surface area contributed by atoms with Gasteiger partial charge in [-0.25, -0.2) is 0 Å². The van der Waals surface area contributed by atoms with Gasteiger partial charge in [0.05, 0.1) is 0 Å². The van der Waals surface area contributed by atoms with Crippen molar-refractivity contribution in [2.45, 2.75) is 544 Å². The zero-order chi connectivity index (χ0) is 64.3. The van der Waals surface area contributed by atoms with Crippen molar-refractivity contribution < 1.29 is 0 Å². The van der Waals surface area contributed by atoms with Crippen LogP contribution in [0.25, 0.3) is 0 Å². The molecule has 0 aliphatic carbocycles. The first-order valence-corrected chi connectivity index (χ1v) is 43.1. The smallest absolute Gasteiger partial charge is 0.0184 e. The maximum Gasteiger partial charge on any atom is -0.0184 e. The second-order valence-corrected chi connectivity index (χ2v) is 32.5. The van der Waals surface area contributed by atoms with Crippen LogP contribution in [0.1, 0.15) is 544 Å². The zero-order valence-corrected chi connectivity index (χ0v) is 64.3. The maximum absolute atomic E-state index is 2.73. The van der Waals surface area contributed by atoms with Gasteiger partial charge in [0, 0.05) is 0 Å². The SMILES string of the molecule is CCCCCCCCCCCCCCCCCCC(CCCCCCCCCC)(CCCCCCCCCCCCCCCC)C(CCCCCC)(CCCCCCCC)C(CCCCC)(CCCCCCCCCCCCCCCCC)CC(C)(C)C. The lowest BCUT2D eigenvalue weighted by atomic mass is 9.40. The molecule has 0 rings (SSSR count). The van der Waals surface area contributed by atoms with E-state index in [4.69, 9.17) is 0 Å². The minimum Gasteiger partial charge on any atom is -0.0654 e. The first-order chi connectivity index (χ1) is 43.1. The average molecular weight is 1240 g/mol. The van der Waals surface area contributed by atoms with Gasteiger partial charge < -0.3 is 0 Å². The Balaban J connectivity index is 7.39. The van der Waals surface area contributed by atoms with E-state index >= 15 is 0 Å². The maximum atomic E-state index is 2.73. The van der Waals surface area contributed by atoms with Crippen LogP contribution in [0, 0.1) is 21.7 Å². The fourth-order valence-corrected chi connectivity index (χ4v) is 17.7. The molecule has 0 amide bonds. The molecule has 0 spiro atoms. The molecular formula is C88H178. The topological polar surface area (TPSA) is 0 Å². The van der Waals surface area contributed by atoms with E-state index in [2.05, 4.69) is 69.2 Å². The van der Waals surface area contributed by atoms with E-state index in [0.29, 0.717) is 21.7 Å². The Morgan fingerprint density at radius 1 is 0.136 bits per heavy atom. The zero-order valence-electron chi connectivity index (χ0n) is 64.3. The molecule has 88 heavy (non-hydrogen) atoms. The summed E-state index contributed by atoms with van der Waals surface area (Å²) in [4.78, 5) is 0. The van der Waals surface area contributed by atoms with Gasteiger partial charge in [-0.1, -0.05) is 493 Å². The van der Waals surface area contributed by atoms with Crippen molar-refractivity contribution in [2.75, 3.05) is 0 Å². The van der Waals surface area contributed by atoms with E-state index in [-0.39, 0.29) is 0 Å². The molecule has 530 valence electrons. The summed E-state index contributed by atoms with van der Waals surface area (Å²) in [5.74, 6) is 0. The lowest BCUT2D eigenvalue weighted by Gasteiger charge is -2.64. The molecule has 3 atom stereocenters. The Kier molecular flexibility index (Phi) is 67.0. The Morgan fingerprint density at radius 2 is 0.261 bits per heavy atom. The lowest BCUT2D eigenvalue weighted by molar-refractivity contribution is -0.150. The van der Waals surface area contributed by atoms with Gasteiger partial charge in [0.2, 0.25) is 0 Å². The monoisotopic (exact) mass is 1240 g/mol. The van der Waals surface area contributed by atoms with Gasteiger partial charge in [-0.2, -0.15) is 0 Å². The molecule has 0 N–H and O–H groups in total. The third-order valence-electron chi connectivity index (χ3n) is 22.9. The highest BCUT2D eigenvalue weighted by Gasteiger charge is 2.60. The van der Waals surface area contributed by atoms with Gasteiger partial charge in [-0.15, -0.1) is 0 Å². The largest absolute Gasteiger partial charge is 0.0654 e. The fraction of sp³-hybridized carbons (Fsp3) is 1.00. The summed E-state index contributed by atoms with van der Waals surface area (Å²) >= 11 is 0. The molecule has 0 heterocycles. The van der Waals surface area contributed by atoms with Gasteiger partial charge in [-0.3, -0.25) is 0 Å². The molecule has 0 radical (unpaired) electrons. The highest BCUT2D eigenvalue weighted by molar-refractivity contribution is 5.09. The van der Waals surface area contributed by atoms with Crippen molar-refractivity contribution in [1.29, 1.82) is 0 Å². The van der Waals surface area contributed by atoms with Crippen molar-refractivity contribution >= 4 is 0 Å². The Labute approximate surface area is 562 Å². The summed E-state index contributed by atoms with van der Waals surface area (Å²) in [6.07, 6.45) is 109. The predicted molar refractivity (Wildman–Crippen MR) is 408 cm³/mol. The van der Waals surface area contributed by atoms with Crippen LogP contribution >= 0.6 is 0 Å². The van der Waals surface area contributed by atoms with E-state index < -0.39 is 0 Å². The molecule has 0 heteroatoms. The molecule has 0 bridgehead atoms. The third-order valence-corrected chi connectivity index (χ3v) is 22.9. The Morgan fingerprint density at radius 3 is 0.443 bits per heavy atom. The van der Waals surface area contributed by atoms with Crippen molar-refractivity contribution in [1.82, 2.24) is 0 Å². The summed E-state index contributed by atoms with van der Waals surface area (Å²) in [6.45, 7) is 25.1. The van der Waals surface area contributed by atoms with Crippen LogP contribution in [-0.2, 0) is 0 Å². The van der Waals surface area contributed by atoms with E-state index in [1.807, 2.05) is 0 Å². The number of hydrogen-bond donors (Lipinski definition) is 0. The predicted octanol–water partition coefficient (Wildman–Crippen LogP) is 34.0. The summed E-state index contributed by atoms with van der Waals surface area (Å²) < 4.78 is 0. The minimum absolute atomic E-state index is 0.338. The highest BCUT2D eigenvalue weighted by atomic mass is 14.6. The van der Waals surface area contributed by atoms with E-state index in [0.717, 1.165) is 0 Å². The van der Waals surface area contributed by atoms with Crippen molar-refractivity contribution in [3.05, 3.63) is 0 Å². The van der Waals surface area contributed by atoms with Gasteiger partial charge >= 0.3 is 0 Å². The van der Waals surface area contributed by atoms with Crippen LogP contribution in [-0.4, -0.2) is 0 Å². The third kappa shape index (κ3) is 50.4. The molecule has 0 aromatic rings. The Hall–Kier alpha value is 0. The normalized spacial score (nSPS) is 14.2. The quantitative estimate of drug-likeness (QED) is 0.0533. The van der Waals surface area contributed by atoms with E-state index in [9.17, 15) is 0 Å². The van der Waals surface area contributed by atoms with E-state index in [1.165, 1.54) is 443 Å². The van der Waals surface area contributed by atoms with Crippen LogP contribution in [0.4, 0.5) is 0 Å². The van der Waals surface area contributed by atoms with Crippen molar-refractivity contribution in [2.24, 2.45) is 21.7 Å². The summed E-state index contributed by atoms with van der Waals surface area (Å²) in [6, 6.07) is 0. The fourth-order valence-electron chi connectivity index (χ4n) is 17.7. The first kappa shape index (κ1) is 88.0. The van der Waals surface area contributed by atoms with Gasteiger partial charge in [0.15, 0.2) is 0 Å². The molecular weight excluding hydrogens is 1060 g/mol. The van der Waals surface area contributed by atoms with Gasteiger partial charge in [0.1, 0.15) is 0 Å². The van der Waals surface area contributed by atoms with E-state index in [1.54, 1.807) is 32.1 Å². The summed E-state index contributed by atoms with van der Waals surface area (Å²) in [5, 5.41) is 0. The molecule has 0 saturated heterocycles. The Bertz CT molecular complexity index is 1290. The molecule has 0 fully saturated rings. The van der Waals surface area contributed by atoms with Crippen LogP contribution in [0.15, 0.2) is 0 Å². The molecule has 0 aromatic heterocycles. The summed E-state index contributed by atoms with van der Waals surface area (Å²) in [5.41, 5.74) is 1.66. The van der Waals surface area contributed by atoms with Crippen LogP contribution in [0.3, 0.4) is 0 Å². The lowest BCUT2D eigenvalue weighted by Crippen LogP contribution is -2.55. The second kappa shape index (κ2) is 67.0. The molecule has 0 nitrogen and oxygen atoms in total. The molecule has 0 saturated carbocycles. The van der Waals surface area contributed by atoms with Crippen molar-refractivity contribution in [3.63, 3.8) is 0 Å². The second-order valence-electron chi connectivity index (χ2n) is 32.5. The average Bonchev–Trinajstić information content (AvgIpc) is 0.783. The van der Waals surface area contributed by atoms with Crippen LogP contribution < -0.4 is 0 Å². The standard InChI is InChI=1S/C88H178/c1-11-18-25-31-36-40-43-46-49-51-53-56-59-63-67-73-79-86(77-71-65-61-39-34-28-21-14-4,78-72-66-62-58-55-52-48-45-42-38-33-27-20-13-3)88(82-75-30-23-16-6,83-76-69-35-29-22-15-5)87(80-70-24-17-7,84-85(8,9)10)81-74-68-64-60-57-54-50-47-44-41-37-32-26-19-12-2/h11-84H2,1-10H3. The first-order valence-electron chi connectivity index (χ1n) is 43.1. The number of hydrogen-bond acceptors (Lipinski definition) is 0. The van der Waals surface area contributed by atoms with Crippen LogP contribution in [0.2, 0.25) is 0 Å². The number of unbranched alkanes of at least 4 members (excludes halogenated alkanes) is 59. The molecule has 0 aliphatic rings. The molecule has 0 aliphatic heterocycles. The number of rotatable bonds is 76. The van der Waals surface area contributed by atoms with Crippen molar-refractivity contribution in [3.8, 4) is 0 Å². The van der Waals surface area contributed by atoms with Gasteiger partial charge in [0.25, 0.3) is 0 Å².